The van der Waals surface area contributed by atoms with Crippen molar-refractivity contribution >= 4 is 30.0 Å². The quantitative estimate of drug-likeness (QED) is 0.354. The molecular formula is C11H12N2Na2O11. The number of hydrogen-bond acceptors (Lipinski definition) is 13. The Hall–Kier alpha value is -0.930. The first kappa shape index (κ1) is 27.3. The molecule has 0 saturated carbocycles. The van der Waals surface area contributed by atoms with E-state index in [1.807, 2.05) is 0 Å². The normalized spacial score (nSPS) is 23.1. The number of hydroxylamine groups is 4. The van der Waals surface area contributed by atoms with Crippen LogP contribution in [0.2, 0.25) is 0 Å². The van der Waals surface area contributed by atoms with Crippen LogP contribution in [0.15, 0.2) is 0 Å². The van der Waals surface area contributed by atoms with E-state index < -0.39 is 30.0 Å². The Morgan fingerprint density at radius 2 is 0.846 bits per heavy atom. The first-order valence-corrected chi connectivity index (χ1v) is 6.52. The third-order valence-corrected chi connectivity index (χ3v) is 2.35. The fraction of sp³-hybridized carbons (Fsp3) is 0.545. The van der Waals surface area contributed by atoms with E-state index in [1.54, 1.807) is 0 Å². The van der Waals surface area contributed by atoms with Gasteiger partial charge in [0.2, 0.25) is 0 Å². The van der Waals surface area contributed by atoms with Crippen LogP contribution in [0, 0.1) is 0 Å². The van der Waals surface area contributed by atoms with Crippen molar-refractivity contribution in [1.82, 2.24) is 10.5 Å². The van der Waals surface area contributed by atoms with Gasteiger partial charge in [0.05, 0.1) is 38.8 Å². The summed E-state index contributed by atoms with van der Waals surface area (Å²) in [6.45, 7) is -0.309. The van der Waals surface area contributed by atoms with Crippen LogP contribution in [-0.2, 0) is 38.5 Å². The molecule has 0 aromatic heterocycles. The maximum absolute atomic E-state index is 11.4. The molecule has 0 amide bonds. The van der Waals surface area contributed by atoms with Gasteiger partial charge in [0.25, 0.3) is 0 Å². The van der Waals surface area contributed by atoms with E-state index in [0.29, 0.717) is 10.5 Å². The number of nitrogens with zero attached hydrogens (tertiary/aromatic N) is 2. The van der Waals surface area contributed by atoms with Gasteiger partial charge in [0.1, 0.15) is 0 Å². The Morgan fingerprint density at radius 3 is 1.04 bits per heavy atom. The minimum Gasteiger partial charge on any atom is -0.652 e. The monoisotopic (exact) mass is 394 g/mol. The van der Waals surface area contributed by atoms with Gasteiger partial charge in [-0.25, -0.2) is 0 Å². The van der Waals surface area contributed by atoms with Gasteiger partial charge in [-0.05, 0) is 6.16 Å². The van der Waals surface area contributed by atoms with E-state index in [4.69, 9.17) is 34.4 Å². The van der Waals surface area contributed by atoms with Crippen LogP contribution in [-0.4, -0.2) is 53.6 Å². The molecule has 0 radical (unpaired) electrons. The summed E-state index contributed by atoms with van der Waals surface area (Å²) >= 11 is 0. The molecule has 134 valence electrons. The number of carbonyl (C=O) groups excluding carboxylic acids is 5. The van der Waals surface area contributed by atoms with E-state index in [-0.39, 0.29) is 97.9 Å². The van der Waals surface area contributed by atoms with Gasteiger partial charge in [-0.3, -0.25) is 19.2 Å². The van der Waals surface area contributed by atoms with Crippen molar-refractivity contribution in [2.75, 3.05) is 13.1 Å². The summed E-state index contributed by atoms with van der Waals surface area (Å²) in [4.78, 5) is 72.9. The summed E-state index contributed by atoms with van der Waals surface area (Å²) in [7, 11) is 0. The molecule has 2 aliphatic heterocycles. The van der Waals surface area contributed by atoms with Crippen LogP contribution in [0.5, 0.6) is 0 Å². The summed E-state index contributed by atoms with van der Waals surface area (Å²) in [5, 5.41) is 18.0. The van der Waals surface area contributed by atoms with E-state index >= 15 is 0 Å². The molecule has 2 rings (SSSR count). The number of carbonyl (C=O) groups is 5. The molecule has 15 heteroatoms. The summed E-state index contributed by atoms with van der Waals surface area (Å²) in [5.41, 5.74) is 0. The van der Waals surface area contributed by atoms with Crippen molar-refractivity contribution in [2.45, 2.75) is 25.7 Å². The predicted molar refractivity (Wildman–Crippen MR) is 61.6 cm³/mol. The smallest absolute Gasteiger partial charge is 0.652 e. The molecule has 0 aromatic carbocycles. The molecule has 2 heterocycles. The molecule has 0 aromatic rings. The number of fused-ring (bicyclic) bond motifs is 3. The first-order chi connectivity index (χ1) is 11.3. The zero-order valence-corrected chi connectivity index (χ0v) is 18.1. The zero-order valence-electron chi connectivity index (χ0n) is 14.1. The Labute approximate surface area is 190 Å². The summed E-state index contributed by atoms with van der Waals surface area (Å²) in [6.07, 6.45) is -3.35. The second-order valence-corrected chi connectivity index (χ2v) is 4.22. The average molecular weight is 394 g/mol. The van der Waals surface area contributed by atoms with Crippen LogP contribution in [0.4, 0.5) is 4.79 Å². The SMILES string of the molecule is O=C([O-])[O-].O=C1CCC(=O)ON2CCN(O1)OC(=O)CCC(=O)O2.[Na+].[Na+]. The van der Waals surface area contributed by atoms with Crippen LogP contribution in [0.25, 0.3) is 0 Å². The van der Waals surface area contributed by atoms with Gasteiger partial charge in [-0.1, -0.05) is 0 Å². The molecule has 0 N–H and O–H groups in total. The maximum Gasteiger partial charge on any atom is 1.00 e. The number of carboxylic acid groups (broad SMARTS) is 2. The molecule has 13 nitrogen and oxygen atoms in total. The minimum atomic E-state index is -2.33. The summed E-state index contributed by atoms with van der Waals surface area (Å²) in [6, 6.07) is 0. The van der Waals surface area contributed by atoms with Crippen molar-refractivity contribution in [3.8, 4) is 0 Å². The van der Waals surface area contributed by atoms with Crippen molar-refractivity contribution < 1.29 is 113 Å². The second-order valence-electron chi connectivity index (χ2n) is 4.22. The molecule has 0 aliphatic carbocycles. The third-order valence-electron chi connectivity index (χ3n) is 2.35. The van der Waals surface area contributed by atoms with E-state index in [1.165, 1.54) is 0 Å². The predicted octanol–water partition coefficient (Wildman–Crippen LogP) is -9.43. The Balaban J connectivity index is 0. The molecule has 0 unspecified atom stereocenters. The Bertz CT molecular complexity index is 450. The van der Waals surface area contributed by atoms with Crippen LogP contribution < -0.4 is 69.3 Å². The molecule has 2 fully saturated rings. The fourth-order valence-electron chi connectivity index (χ4n) is 1.43. The van der Waals surface area contributed by atoms with Gasteiger partial charge >= 0.3 is 83.0 Å². The van der Waals surface area contributed by atoms with Gasteiger partial charge in [0, 0.05) is 10.5 Å². The number of rotatable bonds is 0. The molecule has 2 bridgehead atoms. The van der Waals surface area contributed by atoms with Crippen LogP contribution in [0.3, 0.4) is 0 Å². The van der Waals surface area contributed by atoms with Crippen molar-refractivity contribution in [1.29, 1.82) is 0 Å². The fourth-order valence-corrected chi connectivity index (χ4v) is 1.43. The average Bonchev–Trinajstić information content (AvgIpc) is 2.47. The van der Waals surface area contributed by atoms with Gasteiger partial charge in [-0.15, -0.1) is 0 Å². The van der Waals surface area contributed by atoms with Gasteiger partial charge in [0.15, 0.2) is 0 Å². The van der Waals surface area contributed by atoms with Gasteiger partial charge in [-0.2, -0.15) is 0 Å². The number of hydrogen-bond donors (Lipinski definition) is 0. The van der Waals surface area contributed by atoms with Crippen molar-refractivity contribution in [2.24, 2.45) is 0 Å². The molecular weight excluding hydrogens is 382 g/mol. The largest absolute Gasteiger partial charge is 1.00 e. The Morgan fingerprint density at radius 1 is 0.654 bits per heavy atom. The standard InChI is InChI=1S/C10H12N2O8.CH2O3.2Na/c13-7-1-2-8(14)18-12-6-5-11(17-7)19-9(15)3-4-10(16)20-12;2-1(3)4;;/h1-6H2;(H2,2,3,4);;/q;;2*+1/p-2. The van der Waals surface area contributed by atoms with Crippen molar-refractivity contribution in [3.63, 3.8) is 0 Å². The van der Waals surface area contributed by atoms with E-state index in [0.717, 1.165) is 0 Å². The van der Waals surface area contributed by atoms with E-state index in [9.17, 15) is 19.2 Å². The molecule has 26 heavy (non-hydrogen) atoms. The van der Waals surface area contributed by atoms with E-state index in [2.05, 4.69) is 0 Å². The molecule has 0 spiro atoms. The topological polar surface area (TPSA) is 175 Å². The van der Waals surface area contributed by atoms with Crippen LogP contribution >= 0.6 is 0 Å². The minimum absolute atomic E-state index is 0. The van der Waals surface area contributed by atoms with Crippen LogP contribution in [0.1, 0.15) is 25.7 Å². The maximum atomic E-state index is 11.4. The molecule has 2 aliphatic rings. The first-order valence-electron chi connectivity index (χ1n) is 6.52. The molecule has 2 saturated heterocycles. The zero-order chi connectivity index (χ0) is 18.1. The van der Waals surface area contributed by atoms with Gasteiger partial charge < -0.3 is 34.4 Å². The third kappa shape index (κ3) is 12.4. The second kappa shape index (κ2) is 14.2. The summed E-state index contributed by atoms with van der Waals surface area (Å²) < 4.78 is 0. The molecule has 0 atom stereocenters. The van der Waals surface area contributed by atoms with Crippen molar-refractivity contribution in [3.05, 3.63) is 0 Å². The Kier molecular flexibility index (Phi) is 14.9. The summed E-state index contributed by atoms with van der Waals surface area (Å²) in [5.74, 6) is -2.95.